The van der Waals surface area contributed by atoms with Crippen LogP contribution in [0.4, 0.5) is 0 Å². The Morgan fingerprint density at radius 3 is 1.97 bits per heavy atom. The van der Waals surface area contributed by atoms with Gasteiger partial charge < -0.3 is 8.98 Å². The fourth-order valence-corrected chi connectivity index (χ4v) is 5.16. The van der Waals surface area contributed by atoms with Gasteiger partial charge in [0, 0.05) is 27.1 Å². The average molecular weight is 434 g/mol. The van der Waals surface area contributed by atoms with Crippen LogP contribution >= 0.6 is 0 Å². The maximum absolute atomic E-state index is 10.4. The largest absolute Gasteiger partial charge is 0.456 e. The molecule has 3 nitrogen and oxygen atoms in total. The third kappa shape index (κ3) is 2.57. The van der Waals surface area contributed by atoms with E-state index in [0.717, 1.165) is 49.8 Å². The van der Waals surface area contributed by atoms with Crippen molar-refractivity contribution >= 4 is 43.7 Å². The lowest BCUT2D eigenvalue weighted by Crippen LogP contribution is -1.99. The number of hydrogen-bond donors (Lipinski definition) is 0. The van der Waals surface area contributed by atoms with E-state index < -0.39 is 0 Å². The van der Waals surface area contributed by atoms with Crippen LogP contribution in [0.5, 0.6) is 0 Å². The first-order valence-electron chi connectivity index (χ1n) is 11.3. The highest BCUT2D eigenvalue weighted by atomic mass is 16.3. The van der Waals surface area contributed by atoms with Gasteiger partial charge in [-0.3, -0.25) is 0 Å². The second-order valence-electron chi connectivity index (χ2n) is 8.49. The molecule has 0 bridgehead atoms. The molecule has 0 aliphatic rings. The van der Waals surface area contributed by atoms with Crippen LogP contribution in [0.3, 0.4) is 0 Å². The van der Waals surface area contributed by atoms with E-state index in [-0.39, 0.29) is 0 Å². The molecule has 0 amide bonds. The molecule has 0 radical (unpaired) electrons. The predicted molar refractivity (Wildman–Crippen MR) is 138 cm³/mol. The summed E-state index contributed by atoms with van der Waals surface area (Å²) in [5.74, 6) is 0. The van der Waals surface area contributed by atoms with Crippen molar-refractivity contribution in [2.45, 2.75) is 0 Å². The zero-order valence-electron chi connectivity index (χ0n) is 18.2. The molecule has 0 aliphatic carbocycles. The number of hydrogen-bond acceptors (Lipinski definition) is 2. The Morgan fingerprint density at radius 1 is 0.588 bits per heavy atom. The number of benzene rings is 5. The number of nitrogens with zero attached hydrogens (tertiary/aromatic N) is 2. The molecular weight excluding hydrogens is 416 g/mol. The lowest BCUT2D eigenvalue weighted by Gasteiger charge is -2.13. The van der Waals surface area contributed by atoms with Gasteiger partial charge in [-0.15, -0.1) is 0 Å². The molecule has 0 saturated carbocycles. The van der Waals surface area contributed by atoms with Gasteiger partial charge in [0.05, 0.1) is 22.3 Å². The van der Waals surface area contributed by atoms with E-state index in [1.165, 1.54) is 10.8 Å². The fourth-order valence-electron chi connectivity index (χ4n) is 5.16. The number of aromatic nitrogens is 1. The number of fused-ring (bicyclic) bond motifs is 6. The Morgan fingerprint density at radius 2 is 1.24 bits per heavy atom. The average Bonchev–Trinajstić information content (AvgIpc) is 3.43. The molecule has 2 aromatic heterocycles. The van der Waals surface area contributed by atoms with Crippen molar-refractivity contribution in [1.82, 2.24) is 4.57 Å². The number of furan rings is 1. The Hall–Kier alpha value is -4.81. The maximum Gasteiger partial charge on any atom is 0.135 e. The molecule has 0 unspecified atom stereocenters. The summed E-state index contributed by atoms with van der Waals surface area (Å²) < 4.78 is 8.22. The molecule has 7 rings (SSSR count). The summed E-state index contributed by atoms with van der Waals surface area (Å²) in [4.78, 5) is 0. The van der Waals surface area contributed by atoms with Crippen molar-refractivity contribution in [3.63, 3.8) is 0 Å². The summed E-state index contributed by atoms with van der Waals surface area (Å²) in [6.45, 7) is 0. The standard InChI is InChI=1S/C31H18N2O/c32-19-26-21(20-16-17-31-25(18-20)24-10-3-6-15-30(24)34-31)11-7-14-29(26)33-27-12-4-1-8-22(27)23-9-2-5-13-28(23)33/h1-18H. The van der Waals surface area contributed by atoms with Crippen LogP contribution in [0.15, 0.2) is 114 Å². The Labute approximate surface area is 195 Å². The second-order valence-corrected chi connectivity index (χ2v) is 8.49. The zero-order valence-corrected chi connectivity index (χ0v) is 18.2. The van der Waals surface area contributed by atoms with Crippen LogP contribution in [0.25, 0.3) is 60.6 Å². The van der Waals surface area contributed by atoms with Crippen LogP contribution in [-0.2, 0) is 0 Å². The third-order valence-electron chi connectivity index (χ3n) is 6.66. The molecule has 34 heavy (non-hydrogen) atoms. The molecule has 2 heterocycles. The molecule has 0 aliphatic heterocycles. The highest BCUT2D eigenvalue weighted by Gasteiger charge is 2.18. The first kappa shape index (κ1) is 18.7. The van der Waals surface area contributed by atoms with Crippen LogP contribution in [-0.4, -0.2) is 4.57 Å². The summed E-state index contributed by atoms with van der Waals surface area (Å²) in [6, 6.07) is 39.6. The van der Waals surface area contributed by atoms with Crippen molar-refractivity contribution < 1.29 is 4.42 Å². The Balaban J connectivity index is 1.53. The lowest BCUT2D eigenvalue weighted by atomic mass is 9.97. The van der Waals surface area contributed by atoms with Crippen LogP contribution < -0.4 is 0 Å². The summed E-state index contributed by atoms with van der Waals surface area (Å²) >= 11 is 0. The van der Waals surface area contributed by atoms with E-state index in [4.69, 9.17) is 4.42 Å². The summed E-state index contributed by atoms with van der Waals surface area (Å²) in [7, 11) is 0. The molecular formula is C31H18N2O. The van der Waals surface area contributed by atoms with Crippen LogP contribution in [0.1, 0.15) is 5.56 Å². The quantitative estimate of drug-likeness (QED) is 0.275. The van der Waals surface area contributed by atoms with Gasteiger partial charge >= 0.3 is 0 Å². The first-order valence-corrected chi connectivity index (χ1v) is 11.3. The van der Waals surface area contributed by atoms with E-state index in [1.807, 2.05) is 60.7 Å². The molecule has 0 spiro atoms. The first-order chi connectivity index (χ1) is 16.8. The predicted octanol–water partition coefficient (Wildman–Crippen LogP) is 8.22. The van der Waals surface area contributed by atoms with E-state index in [0.29, 0.717) is 5.56 Å². The second kappa shape index (κ2) is 7.10. The minimum Gasteiger partial charge on any atom is -0.456 e. The topological polar surface area (TPSA) is 41.9 Å². The normalized spacial score (nSPS) is 11.5. The fraction of sp³-hybridized carbons (Fsp3) is 0. The van der Waals surface area contributed by atoms with Gasteiger partial charge in [-0.05, 0) is 42.0 Å². The number of para-hydroxylation sites is 3. The SMILES string of the molecule is N#Cc1c(-c2ccc3oc4ccccc4c3c2)cccc1-n1c2ccccc2c2ccccc21. The molecule has 158 valence electrons. The van der Waals surface area contributed by atoms with Crippen LogP contribution in [0.2, 0.25) is 0 Å². The summed E-state index contributed by atoms with van der Waals surface area (Å²) in [5.41, 5.74) is 7.35. The summed E-state index contributed by atoms with van der Waals surface area (Å²) in [6.07, 6.45) is 0. The van der Waals surface area contributed by atoms with Crippen molar-refractivity contribution in [2.75, 3.05) is 0 Å². The molecule has 0 fully saturated rings. The van der Waals surface area contributed by atoms with Gasteiger partial charge in [0.1, 0.15) is 17.2 Å². The van der Waals surface area contributed by atoms with Gasteiger partial charge in [0.15, 0.2) is 0 Å². The summed E-state index contributed by atoms with van der Waals surface area (Å²) in [5, 5.41) is 14.9. The molecule has 5 aromatic carbocycles. The Bertz CT molecular complexity index is 1880. The Kier molecular flexibility index (Phi) is 3.91. The van der Waals surface area contributed by atoms with Crippen molar-refractivity contribution in [3.8, 4) is 22.9 Å². The van der Waals surface area contributed by atoms with E-state index >= 15 is 0 Å². The van der Waals surface area contributed by atoms with Gasteiger partial charge in [-0.1, -0.05) is 72.8 Å². The zero-order chi connectivity index (χ0) is 22.6. The smallest absolute Gasteiger partial charge is 0.135 e. The number of nitriles is 1. The van der Waals surface area contributed by atoms with Gasteiger partial charge in [-0.2, -0.15) is 5.26 Å². The van der Waals surface area contributed by atoms with Gasteiger partial charge in [0.25, 0.3) is 0 Å². The highest BCUT2D eigenvalue weighted by molar-refractivity contribution is 6.10. The van der Waals surface area contributed by atoms with E-state index in [1.54, 1.807) is 0 Å². The van der Waals surface area contributed by atoms with Crippen molar-refractivity contribution in [3.05, 3.63) is 115 Å². The lowest BCUT2D eigenvalue weighted by molar-refractivity contribution is 0.669. The minimum absolute atomic E-state index is 0.654. The highest BCUT2D eigenvalue weighted by Crippen LogP contribution is 2.37. The van der Waals surface area contributed by atoms with Crippen molar-refractivity contribution in [2.24, 2.45) is 0 Å². The molecule has 0 atom stereocenters. The van der Waals surface area contributed by atoms with Crippen LogP contribution in [0, 0.1) is 11.3 Å². The maximum atomic E-state index is 10.4. The van der Waals surface area contributed by atoms with E-state index in [9.17, 15) is 5.26 Å². The van der Waals surface area contributed by atoms with Gasteiger partial charge in [0.2, 0.25) is 0 Å². The number of rotatable bonds is 2. The monoisotopic (exact) mass is 434 g/mol. The molecule has 0 N–H and O–H groups in total. The third-order valence-corrected chi connectivity index (χ3v) is 6.66. The molecule has 7 aromatic rings. The van der Waals surface area contributed by atoms with Crippen molar-refractivity contribution in [1.29, 1.82) is 5.26 Å². The molecule has 0 saturated heterocycles. The minimum atomic E-state index is 0.654. The van der Waals surface area contributed by atoms with Gasteiger partial charge in [-0.25, -0.2) is 0 Å². The molecule has 3 heteroatoms. The van der Waals surface area contributed by atoms with E-state index in [2.05, 4.69) is 59.2 Å².